The summed E-state index contributed by atoms with van der Waals surface area (Å²) in [7, 11) is -1.99. The second-order valence-corrected chi connectivity index (χ2v) is 14.8. The van der Waals surface area contributed by atoms with Crippen molar-refractivity contribution in [2.45, 2.75) is 26.1 Å². The minimum atomic E-state index is -2.61. The first-order valence-corrected chi connectivity index (χ1v) is 15.3. The van der Waals surface area contributed by atoms with E-state index in [4.69, 9.17) is 13.3 Å². The van der Waals surface area contributed by atoms with Gasteiger partial charge in [0, 0.05) is 16.2 Å². The highest BCUT2D eigenvalue weighted by Crippen LogP contribution is 2.32. The molecule has 0 aliphatic rings. The third kappa shape index (κ3) is 7.43. The predicted octanol–water partition coefficient (Wildman–Crippen LogP) is 5.70. The van der Waals surface area contributed by atoms with E-state index in [1.807, 2.05) is 47.7 Å². The van der Waals surface area contributed by atoms with E-state index in [1.54, 1.807) is 0 Å². The van der Waals surface area contributed by atoms with Gasteiger partial charge in [0.2, 0.25) is 0 Å². The number of amides is 1. The minimum Gasteiger partial charge on any atom is -0.381 e. The zero-order chi connectivity index (χ0) is 29.1. The fourth-order valence-corrected chi connectivity index (χ4v) is 3.92. The average molecular weight is 644 g/mol. The highest BCUT2D eigenvalue weighted by Gasteiger charge is 2.25. The van der Waals surface area contributed by atoms with Crippen molar-refractivity contribution in [2.24, 2.45) is 0 Å². The van der Waals surface area contributed by atoms with Crippen molar-refractivity contribution in [1.29, 1.82) is 0 Å². The van der Waals surface area contributed by atoms with Gasteiger partial charge in [-0.15, -0.1) is 5.54 Å². The van der Waals surface area contributed by atoms with Crippen LogP contribution in [0.25, 0.3) is 0 Å². The molecule has 12 heteroatoms. The first kappa shape index (κ1) is 25.5. The quantitative estimate of drug-likeness (QED) is 0.101. The fourth-order valence-electron chi connectivity index (χ4n) is 3.04. The summed E-state index contributed by atoms with van der Waals surface area (Å²) in [5.74, 6) is -4.08. The predicted molar refractivity (Wildman–Crippen MR) is 145 cm³/mol. The molecule has 3 rings (SSSR count). The maximum atomic E-state index is 15.4. The lowest BCUT2D eigenvalue weighted by Gasteiger charge is -2.17. The van der Waals surface area contributed by atoms with E-state index >= 15 is 8.78 Å². The molecule has 3 aromatic rings. The van der Waals surface area contributed by atoms with Gasteiger partial charge in [-0.2, -0.15) is 0 Å². The Balaban J connectivity index is 2.06. The number of hydrogen-bond donors (Lipinski definition) is 3. The number of aromatic nitrogens is 1. The van der Waals surface area contributed by atoms with Crippen LogP contribution in [0.2, 0.25) is 19.6 Å². The van der Waals surface area contributed by atoms with Crippen LogP contribution in [0, 0.1) is 38.3 Å². The smallest absolute Gasteiger partial charge is 0.277 e. The second-order valence-electron chi connectivity index (χ2n) is 8.82. The Morgan fingerprint density at radius 2 is 1.86 bits per heavy atom. The summed E-state index contributed by atoms with van der Waals surface area (Å²) >= 11 is 1.86. The summed E-state index contributed by atoms with van der Waals surface area (Å²) in [6, 6.07) is 6.03. The van der Waals surface area contributed by atoms with Gasteiger partial charge < -0.3 is 11.1 Å². The van der Waals surface area contributed by atoms with E-state index < -0.39 is 72.9 Å². The standard InChI is InChI=1S/C25H23F4IN4O2Si/c1-37(2,3)10-4-9-36-34-25(35)17-12-15(11-14-7-8-32-24(31)21(14)28)20(27)22(29)23(17)33-19-6-5-16(30)13-18(19)26/h5-8,12-13,33H,9,11H2,1-3H3,(H2,31,32)(H,34,35)/i9D2. The lowest BCUT2D eigenvalue weighted by Crippen LogP contribution is -2.26. The van der Waals surface area contributed by atoms with Crippen molar-refractivity contribution in [3.63, 3.8) is 0 Å². The number of nitrogen functional groups attached to an aromatic ring is 1. The Hall–Kier alpha value is -3.15. The topological polar surface area (TPSA) is 89.3 Å². The van der Waals surface area contributed by atoms with Crippen LogP contribution < -0.4 is 16.5 Å². The molecule has 1 aromatic heterocycles. The van der Waals surface area contributed by atoms with Crippen molar-refractivity contribution < 1.29 is 29.9 Å². The molecule has 0 unspecified atom stereocenters. The first-order chi connectivity index (χ1) is 18.1. The molecule has 0 saturated heterocycles. The molecule has 2 aromatic carbocycles. The molecule has 0 atom stereocenters. The number of nitrogens with zero attached hydrogens (tertiary/aromatic N) is 1. The monoisotopic (exact) mass is 644 g/mol. The molecule has 4 N–H and O–H groups in total. The summed E-state index contributed by atoms with van der Waals surface area (Å²) in [6.45, 7) is 3.01. The number of carbonyl (C=O) groups is 1. The van der Waals surface area contributed by atoms with Crippen LogP contribution in [0.4, 0.5) is 34.8 Å². The Labute approximate surface area is 228 Å². The summed E-state index contributed by atoms with van der Waals surface area (Å²) in [4.78, 5) is 21.5. The van der Waals surface area contributed by atoms with Crippen LogP contribution >= 0.6 is 22.6 Å². The fraction of sp³-hybridized carbons (Fsp3) is 0.200. The number of hydroxylamine groups is 1. The van der Waals surface area contributed by atoms with Gasteiger partial charge in [-0.1, -0.05) is 25.6 Å². The Bertz CT molecular complexity index is 1490. The molecule has 37 heavy (non-hydrogen) atoms. The summed E-state index contributed by atoms with van der Waals surface area (Å²) in [5, 5.41) is 2.38. The SMILES string of the molecule is [2H]C([2H])(C#C[Si](C)(C)C)ONC(=O)c1cc(Cc2ccnc(N)c2F)c(F)c(F)c1Nc1ccc(I)cc1F. The van der Waals surface area contributed by atoms with E-state index in [-0.39, 0.29) is 11.3 Å². The number of nitrogens with two attached hydrogens (primary N) is 1. The number of pyridine rings is 1. The number of hydrogen-bond acceptors (Lipinski definition) is 5. The van der Waals surface area contributed by atoms with Gasteiger partial charge in [0.05, 0.1) is 19.7 Å². The van der Waals surface area contributed by atoms with E-state index in [0.29, 0.717) is 3.57 Å². The Kier molecular flexibility index (Phi) is 8.22. The number of nitrogens with one attached hydrogen (secondary N) is 2. The van der Waals surface area contributed by atoms with Crippen molar-refractivity contribution >= 4 is 53.8 Å². The van der Waals surface area contributed by atoms with Crippen LogP contribution in [-0.4, -0.2) is 25.5 Å². The molecular weight excluding hydrogens is 619 g/mol. The van der Waals surface area contributed by atoms with Crippen LogP contribution in [-0.2, 0) is 11.3 Å². The minimum absolute atomic E-state index is 0.120. The third-order valence-electron chi connectivity index (χ3n) is 4.78. The lowest BCUT2D eigenvalue weighted by atomic mass is 10.00. The molecule has 0 radical (unpaired) electrons. The molecule has 0 aliphatic heterocycles. The maximum absolute atomic E-state index is 15.4. The van der Waals surface area contributed by atoms with E-state index in [9.17, 15) is 13.6 Å². The van der Waals surface area contributed by atoms with E-state index in [1.165, 1.54) is 24.4 Å². The number of benzene rings is 2. The average Bonchev–Trinajstić information content (AvgIpc) is 2.84. The second kappa shape index (κ2) is 11.9. The highest BCUT2D eigenvalue weighted by atomic mass is 127. The number of rotatable bonds is 7. The summed E-state index contributed by atoms with van der Waals surface area (Å²) in [6.07, 6.45) is 0.672. The molecule has 194 valence electrons. The maximum Gasteiger partial charge on any atom is 0.277 e. The van der Waals surface area contributed by atoms with Crippen molar-refractivity contribution in [3.05, 3.63) is 80.1 Å². The van der Waals surface area contributed by atoms with Crippen LogP contribution in [0.15, 0.2) is 36.5 Å². The molecule has 0 fully saturated rings. The van der Waals surface area contributed by atoms with Crippen molar-refractivity contribution in [1.82, 2.24) is 10.5 Å². The summed E-state index contributed by atoms with van der Waals surface area (Å²) < 4.78 is 75.7. The third-order valence-corrected chi connectivity index (χ3v) is 6.32. The van der Waals surface area contributed by atoms with E-state index in [0.717, 1.165) is 12.1 Å². The molecule has 0 aliphatic carbocycles. The largest absolute Gasteiger partial charge is 0.381 e. The van der Waals surface area contributed by atoms with Gasteiger partial charge in [-0.05, 0) is 64.0 Å². The molecule has 0 spiro atoms. The van der Waals surface area contributed by atoms with Crippen LogP contribution in [0.3, 0.4) is 0 Å². The number of anilines is 3. The molecular formula is C25H23F4IN4O2Si. The van der Waals surface area contributed by atoms with Crippen LogP contribution in [0.5, 0.6) is 0 Å². The van der Waals surface area contributed by atoms with Gasteiger partial charge in [-0.25, -0.2) is 28.0 Å². The van der Waals surface area contributed by atoms with Crippen LogP contribution in [0.1, 0.15) is 24.2 Å². The van der Waals surface area contributed by atoms with Crippen molar-refractivity contribution in [3.8, 4) is 11.5 Å². The zero-order valence-corrected chi connectivity index (χ0v) is 23.1. The normalized spacial score (nSPS) is 12.2. The molecule has 0 bridgehead atoms. The van der Waals surface area contributed by atoms with Gasteiger partial charge in [0.1, 0.15) is 20.5 Å². The molecule has 1 amide bonds. The van der Waals surface area contributed by atoms with Crippen molar-refractivity contribution in [2.75, 3.05) is 17.6 Å². The first-order valence-electron chi connectivity index (χ1n) is 11.7. The highest BCUT2D eigenvalue weighted by molar-refractivity contribution is 14.1. The van der Waals surface area contributed by atoms with Gasteiger partial charge in [0.25, 0.3) is 5.91 Å². The Morgan fingerprint density at radius 1 is 1.14 bits per heavy atom. The van der Waals surface area contributed by atoms with Gasteiger partial charge >= 0.3 is 0 Å². The molecule has 0 saturated carbocycles. The lowest BCUT2D eigenvalue weighted by molar-refractivity contribution is 0.0438. The Morgan fingerprint density at radius 3 is 2.54 bits per heavy atom. The van der Waals surface area contributed by atoms with E-state index in [2.05, 4.69) is 21.8 Å². The number of carbonyl (C=O) groups excluding carboxylic acids is 1. The van der Waals surface area contributed by atoms with Gasteiger partial charge in [0.15, 0.2) is 23.3 Å². The zero-order valence-electron chi connectivity index (χ0n) is 21.9. The molecule has 1 heterocycles. The van der Waals surface area contributed by atoms with Gasteiger partial charge in [-0.3, -0.25) is 9.63 Å². The summed E-state index contributed by atoms with van der Waals surface area (Å²) in [5.41, 5.74) is 7.95. The number of halogens is 5. The molecule has 6 nitrogen and oxygen atoms in total.